The van der Waals surface area contributed by atoms with Crippen LogP contribution in [-0.2, 0) is 7.05 Å². The van der Waals surface area contributed by atoms with E-state index in [1.165, 1.54) is 0 Å². The van der Waals surface area contributed by atoms with E-state index in [0.29, 0.717) is 17.2 Å². The van der Waals surface area contributed by atoms with Gasteiger partial charge in [-0.1, -0.05) is 42.5 Å². The molecular formula is C23H20N4O3. The number of imidazole rings is 1. The molecule has 3 aromatic carbocycles. The molecule has 0 radical (unpaired) electrons. The number of carbonyl (C=O) groups excluding carboxylic acids is 1. The number of carbonyl (C=O) groups is 1. The number of fused-ring (bicyclic) bond motifs is 2. The Hall–Kier alpha value is -4.00. The Bertz CT molecular complexity index is 1220. The molecule has 30 heavy (non-hydrogen) atoms. The minimum absolute atomic E-state index is 0.188. The summed E-state index contributed by atoms with van der Waals surface area (Å²) >= 11 is 0. The van der Waals surface area contributed by atoms with Crippen LogP contribution in [0.1, 0.15) is 17.4 Å². The second-order valence-electron chi connectivity index (χ2n) is 7.03. The van der Waals surface area contributed by atoms with Crippen LogP contribution in [0.5, 0.6) is 11.5 Å². The van der Waals surface area contributed by atoms with E-state index in [2.05, 4.69) is 10.6 Å². The van der Waals surface area contributed by atoms with Gasteiger partial charge in [-0.05, 0) is 29.8 Å². The lowest BCUT2D eigenvalue weighted by Gasteiger charge is -2.19. The number of hydrogen-bond acceptors (Lipinski definition) is 4. The van der Waals surface area contributed by atoms with Gasteiger partial charge < -0.3 is 24.7 Å². The third kappa shape index (κ3) is 3.30. The molecule has 1 aliphatic heterocycles. The van der Waals surface area contributed by atoms with Crippen LogP contribution < -0.4 is 20.1 Å². The zero-order chi connectivity index (χ0) is 20.5. The largest absolute Gasteiger partial charge is 0.454 e. The average Bonchev–Trinajstić information content (AvgIpc) is 3.37. The van der Waals surface area contributed by atoms with E-state index in [-0.39, 0.29) is 12.8 Å². The molecule has 7 heteroatoms. The van der Waals surface area contributed by atoms with Gasteiger partial charge in [-0.25, -0.2) is 9.78 Å². The lowest BCUT2D eigenvalue weighted by Crippen LogP contribution is -2.34. The van der Waals surface area contributed by atoms with E-state index in [4.69, 9.17) is 14.5 Å². The van der Waals surface area contributed by atoms with Crippen molar-refractivity contribution in [2.75, 3.05) is 12.1 Å². The predicted molar refractivity (Wildman–Crippen MR) is 114 cm³/mol. The van der Waals surface area contributed by atoms with Crippen LogP contribution in [0.25, 0.3) is 11.0 Å². The number of amides is 2. The molecule has 2 amide bonds. The number of rotatable bonds is 4. The Morgan fingerprint density at radius 1 is 1.00 bits per heavy atom. The Labute approximate surface area is 173 Å². The van der Waals surface area contributed by atoms with Crippen LogP contribution >= 0.6 is 0 Å². The first-order valence-corrected chi connectivity index (χ1v) is 9.62. The van der Waals surface area contributed by atoms with Crippen LogP contribution in [0.3, 0.4) is 0 Å². The Balaban J connectivity index is 1.45. The maximum absolute atomic E-state index is 12.9. The molecule has 0 aliphatic carbocycles. The van der Waals surface area contributed by atoms with Crippen molar-refractivity contribution in [1.29, 1.82) is 0 Å². The molecule has 1 aliphatic rings. The van der Waals surface area contributed by atoms with Crippen LogP contribution in [0.15, 0.2) is 72.8 Å². The first kappa shape index (κ1) is 18.1. The number of hydrogen-bond donors (Lipinski definition) is 2. The van der Waals surface area contributed by atoms with Crippen molar-refractivity contribution in [2.45, 2.75) is 6.04 Å². The van der Waals surface area contributed by atoms with Gasteiger partial charge in [0.05, 0.1) is 11.0 Å². The topological polar surface area (TPSA) is 77.4 Å². The van der Waals surface area contributed by atoms with Gasteiger partial charge in [0.15, 0.2) is 11.5 Å². The molecule has 0 saturated carbocycles. The molecule has 0 fully saturated rings. The summed E-state index contributed by atoms with van der Waals surface area (Å²) in [5.41, 5.74) is 3.45. The summed E-state index contributed by atoms with van der Waals surface area (Å²) in [6.45, 7) is 0.188. The number of aryl methyl sites for hydroxylation is 1. The highest BCUT2D eigenvalue weighted by molar-refractivity contribution is 5.90. The number of benzene rings is 3. The quantitative estimate of drug-likeness (QED) is 0.538. The molecule has 0 spiro atoms. The number of para-hydroxylation sites is 2. The molecule has 4 aromatic rings. The van der Waals surface area contributed by atoms with Gasteiger partial charge in [0.25, 0.3) is 0 Å². The lowest BCUT2D eigenvalue weighted by molar-refractivity contribution is 0.174. The van der Waals surface area contributed by atoms with Gasteiger partial charge >= 0.3 is 6.03 Å². The fourth-order valence-electron chi connectivity index (χ4n) is 3.64. The maximum atomic E-state index is 12.9. The van der Waals surface area contributed by atoms with Crippen molar-refractivity contribution in [3.63, 3.8) is 0 Å². The second kappa shape index (κ2) is 7.44. The van der Waals surface area contributed by atoms with Gasteiger partial charge in [0.1, 0.15) is 11.9 Å². The monoisotopic (exact) mass is 400 g/mol. The summed E-state index contributed by atoms with van der Waals surface area (Å²) in [7, 11) is 1.96. The van der Waals surface area contributed by atoms with Gasteiger partial charge in [0, 0.05) is 18.8 Å². The van der Waals surface area contributed by atoms with E-state index in [1.54, 1.807) is 18.2 Å². The molecule has 0 saturated heterocycles. The van der Waals surface area contributed by atoms with Crippen molar-refractivity contribution in [3.8, 4) is 11.5 Å². The fourth-order valence-corrected chi connectivity index (χ4v) is 3.64. The molecule has 1 unspecified atom stereocenters. The summed E-state index contributed by atoms with van der Waals surface area (Å²) in [5, 5.41) is 5.93. The minimum Gasteiger partial charge on any atom is -0.454 e. The van der Waals surface area contributed by atoms with Crippen LogP contribution in [0, 0.1) is 0 Å². The standard InChI is InChI=1S/C23H20N4O3/c1-27-18-10-6-5-9-17(18)25-22(27)21(15-7-3-2-4-8-15)26-23(28)24-16-11-12-19-20(13-16)30-14-29-19/h2-13,21H,14H2,1H3,(H2,24,26,28). The molecule has 0 bridgehead atoms. The number of anilines is 1. The molecule has 7 nitrogen and oxygen atoms in total. The summed E-state index contributed by atoms with van der Waals surface area (Å²) in [4.78, 5) is 17.6. The van der Waals surface area contributed by atoms with E-state index in [1.807, 2.05) is 66.2 Å². The van der Waals surface area contributed by atoms with Crippen LogP contribution in [0.2, 0.25) is 0 Å². The van der Waals surface area contributed by atoms with E-state index in [0.717, 1.165) is 22.4 Å². The Kier molecular flexibility index (Phi) is 4.48. The lowest BCUT2D eigenvalue weighted by atomic mass is 10.1. The smallest absolute Gasteiger partial charge is 0.320 e. The summed E-state index contributed by atoms with van der Waals surface area (Å²) in [6.07, 6.45) is 0. The Morgan fingerprint density at radius 3 is 2.60 bits per heavy atom. The maximum Gasteiger partial charge on any atom is 0.320 e. The zero-order valence-electron chi connectivity index (χ0n) is 16.3. The normalized spacial score (nSPS) is 13.2. The van der Waals surface area contributed by atoms with Gasteiger partial charge in [-0.3, -0.25) is 0 Å². The van der Waals surface area contributed by atoms with Crippen LogP contribution in [0.4, 0.5) is 10.5 Å². The summed E-state index contributed by atoms with van der Waals surface area (Å²) in [6, 6.07) is 22.2. The molecule has 2 N–H and O–H groups in total. The highest BCUT2D eigenvalue weighted by Crippen LogP contribution is 2.34. The number of aromatic nitrogens is 2. The molecule has 5 rings (SSSR count). The number of urea groups is 1. The van der Waals surface area contributed by atoms with Crippen molar-refractivity contribution in [3.05, 3.63) is 84.2 Å². The first-order chi connectivity index (χ1) is 14.7. The molecule has 150 valence electrons. The SMILES string of the molecule is Cn1c(C(NC(=O)Nc2ccc3c(c2)OCO3)c2ccccc2)nc2ccccc21. The average molecular weight is 400 g/mol. The van der Waals surface area contributed by atoms with Gasteiger partial charge in [-0.2, -0.15) is 0 Å². The predicted octanol–water partition coefficient (Wildman–Crippen LogP) is 4.21. The van der Waals surface area contributed by atoms with Crippen molar-refractivity contribution >= 4 is 22.8 Å². The number of nitrogens with one attached hydrogen (secondary N) is 2. The number of nitrogens with zero attached hydrogens (tertiary/aromatic N) is 2. The Morgan fingerprint density at radius 2 is 1.77 bits per heavy atom. The van der Waals surface area contributed by atoms with E-state index >= 15 is 0 Å². The van der Waals surface area contributed by atoms with Crippen molar-refractivity contribution in [2.24, 2.45) is 7.05 Å². The van der Waals surface area contributed by atoms with Crippen molar-refractivity contribution < 1.29 is 14.3 Å². The number of ether oxygens (including phenoxy) is 2. The third-order valence-electron chi connectivity index (χ3n) is 5.12. The fraction of sp³-hybridized carbons (Fsp3) is 0.130. The molecular weight excluding hydrogens is 380 g/mol. The zero-order valence-corrected chi connectivity index (χ0v) is 16.3. The van der Waals surface area contributed by atoms with Gasteiger partial charge in [-0.15, -0.1) is 0 Å². The summed E-state index contributed by atoms with van der Waals surface area (Å²) < 4.78 is 12.7. The minimum atomic E-state index is -0.419. The molecule has 2 heterocycles. The second-order valence-corrected chi connectivity index (χ2v) is 7.03. The summed E-state index contributed by atoms with van der Waals surface area (Å²) in [5.74, 6) is 2.04. The van der Waals surface area contributed by atoms with Crippen LogP contribution in [-0.4, -0.2) is 22.4 Å². The van der Waals surface area contributed by atoms with Gasteiger partial charge in [0.2, 0.25) is 6.79 Å². The third-order valence-corrected chi connectivity index (χ3v) is 5.12. The van der Waals surface area contributed by atoms with Crippen molar-refractivity contribution in [1.82, 2.24) is 14.9 Å². The molecule has 1 aromatic heterocycles. The first-order valence-electron chi connectivity index (χ1n) is 9.62. The van der Waals surface area contributed by atoms with E-state index < -0.39 is 6.04 Å². The highest BCUT2D eigenvalue weighted by atomic mass is 16.7. The highest BCUT2D eigenvalue weighted by Gasteiger charge is 2.23. The van der Waals surface area contributed by atoms with E-state index in [9.17, 15) is 4.79 Å². The molecule has 1 atom stereocenters.